The summed E-state index contributed by atoms with van der Waals surface area (Å²) in [7, 11) is 0. The van der Waals surface area contributed by atoms with E-state index in [1.54, 1.807) is 0 Å². The number of carbonyl (C=O) groups is 1. The maximum absolute atomic E-state index is 12.7. The molecule has 1 saturated carbocycles. The van der Waals surface area contributed by atoms with E-state index in [1.165, 1.54) is 32.1 Å². The topological polar surface area (TPSA) is 30.2 Å². The fourth-order valence-corrected chi connectivity index (χ4v) is 3.39. The SMILES string of the molecule is CC[n+]1ccc(-c2ccccc2)c(C(=O)OCC2CCCCC2)c1. The van der Waals surface area contributed by atoms with Gasteiger partial charge in [0, 0.05) is 11.6 Å². The Hall–Kier alpha value is -2.16. The number of hydrogen-bond donors (Lipinski definition) is 0. The molecule has 3 nitrogen and oxygen atoms in total. The molecule has 0 saturated heterocycles. The summed E-state index contributed by atoms with van der Waals surface area (Å²) in [5.74, 6) is 0.326. The van der Waals surface area contributed by atoms with Crippen LogP contribution in [0.1, 0.15) is 49.4 Å². The van der Waals surface area contributed by atoms with Crippen molar-refractivity contribution < 1.29 is 14.1 Å². The van der Waals surface area contributed by atoms with Gasteiger partial charge in [0.25, 0.3) is 0 Å². The van der Waals surface area contributed by atoms with Crippen LogP contribution in [-0.2, 0) is 11.3 Å². The molecular formula is C21H26NO2+. The fraction of sp³-hybridized carbons (Fsp3) is 0.429. The highest BCUT2D eigenvalue weighted by Gasteiger charge is 2.21. The van der Waals surface area contributed by atoms with Crippen LogP contribution < -0.4 is 4.57 Å². The zero-order chi connectivity index (χ0) is 16.8. The Labute approximate surface area is 144 Å². The highest BCUT2D eigenvalue weighted by molar-refractivity contribution is 5.96. The van der Waals surface area contributed by atoms with Crippen molar-refractivity contribution in [3.63, 3.8) is 0 Å². The van der Waals surface area contributed by atoms with Gasteiger partial charge in [0.15, 0.2) is 12.4 Å². The molecule has 0 N–H and O–H groups in total. The van der Waals surface area contributed by atoms with Gasteiger partial charge in [-0.25, -0.2) is 9.36 Å². The maximum Gasteiger partial charge on any atom is 0.344 e. The van der Waals surface area contributed by atoms with Crippen molar-refractivity contribution in [3.05, 3.63) is 54.4 Å². The highest BCUT2D eigenvalue weighted by Crippen LogP contribution is 2.26. The molecule has 1 fully saturated rings. The van der Waals surface area contributed by atoms with Crippen molar-refractivity contribution >= 4 is 5.97 Å². The van der Waals surface area contributed by atoms with E-state index in [2.05, 4.69) is 6.92 Å². The fourth-order valence-electron chi connectivity index (χ4n) is 3.39. The van der Waals surface area contributed by atoms with E-state index < -0.39 is 0 Å². The van der Waals surface area contributed by atoms with E-state index in [-0.39, 0.29) is 5.97 Å². The molecule has 24 heavy (non-hydrogen) atoms. The van der Waals surface area contributed by atoms with Crippen LogP contribution in [0.15, 0.2) is 48.8 Å². The number of aryl methyl sites for hydroxylation is 1. The second-order valence-electron chi connectivity index (χ2n) is 6.57. The van der Waals surface area contributed by atoms with Crippen LogP contribution in [0.4, 0.5) is 0 Å². The molecule has 0 amide bonds. The zero-order valence-electron chi connectivity index (χ0n) is 14.4. The molecule has 1 aromatic heterocycles. The van der Waals surface area contributed by atoms with Gasteiger partial charge >= 0.3 is 5.97 Å². The number of rotatable bonds is 5. The number of aromatic nitrogens is 1. The van der Waals surface area contributed by atoms with E-state index in [9.17, 15) is 4.79 Å². The van der Waals surface area contributed by atoms with Gasteiger partial charge in [0.1, 0.15) is 12.1 Å². The van der Waals surface area contributed by atoms with E-state index in [1.807, 2.05) is 53.4 Å². The lowest BCUT2D eigenvalue weighted by Gasteiger charge is -2.21. The first-order valence-corrected chi connectivity index (χ1v) is 9.03. The Morgan fingerprint density at radius 1 is 1.12 bits per heavy atom. The van der Waals surface area contributed by atoms with Crippen molar-refractivity contribution in [3.8, 4) is 11.1 Å². The molecule has 0 unspecified atom stereocenters. The predicted octanol–water partition coefficient (Wildman–Crippen LogP) is 4.40. The molecule has 0 spiro atoms. The quantitative estimate of drug-likeness (QED) is 0.603. The molecule has 1 aliphatic rings. The molecule has 3 rings (SSSR count). The van der Waals surface area contributed by atoms with Gasteiger partial charge in [-0.05, 0) is 31.2 Å². The third-order valence-corrected chi connectivity index (χ3v) is 4.86. The smallest absolute Gasteiger partial charge is 0.344 e. The zero-order valence-corrected chi connectivity index (χ0v) is 14.4. The van der Waals surface area contributed by atoms with E-state index >= 15 is 0 Å². The average Bonchev–Trinajstić information content (AvgIpc) is 2.67. The van der Waals surface area contributed by atoms with E-state index in [4.69, 9.17) is 4.74 Å². The van der Waals surface area contributed by atoms with Gasteiger partial charge < -0.3 is 4.74 Å². The summed E-state index contributed by atoms with van der Waals surface area (Å²) in [5, 5.41) is 0. The minimum absolute atomic E-state index is 0.206. The van der Waals surface area contributed by atoms with Crippen LogP contribution in [0.2, 0.25) is 0 Å². The normalized spacial score (nSPS) is 15.2. The summed E-state index contributed by atoms with van der Waals surface area (Å²) in [4.78, 5) is 12.7. The van der Waals surface area contributed by atoms with Crippen LogP contribution in [0.3, 0.4) is 0 Å². The van der Waals surface area contributed by atoms with Crippen LogP contribution in [0.5, 0.6) is 0 Å². The second-order valence-corrected chi connectivity index (χ2v) is 6.57. The van der Waals surface area contributed by atoms with Gasteiger partial charge in [-0.2, -0.15) is 0 Å². The minimum Gasteiger partial charge on any atom is -0.462 e. The molecule has 2 aromatic rings. The summed E-state index contributed by atoms with van der Waals surface area (Å²) in [6, 6.07) is 12.0. The summed E-state index contributed by atoms with van der Waals surface area (Å²) in [6.45, 7) is 3.45. The first kappa shape index (κ1) is 16.7. The molecular weight excluding hydrogens is 298 g/mol. The standard InChI is InChI=1S/C21H26NO2/c1-2-22-14-13-19(18-11-7-4-8-12-18)20(15-22)21(23)24-16-17-9-5-3-6-10-17/h4,7-8,11-15,17H,2-3,5-6,9-10,16H2,1H3/q+1. The van der Waals surface area contributed by atoms with Crippen LogP contribution >= 0.6 is 0 Å². The monoisotopic (exact) mass is 324 g/mol. The van der Waals surface area contributed by atoms with Crippen molar-refractivity contribution in [1.82, 2.24) is 0 Å². The molecule has 0 radical (unpaired) electrons. The number of nitrogens with zero attached hydrogens (tertiary/aromatic N) is 1. The third kappa shape index (κ3) is 4.02. The van der Waals surface area contributed by atoms with Crippen LogP contribution in [-0.4, -0.2) is 12.6 Å². The Morgan fingerprint density at radius 3 is 2.58 bits per heavy atom. The van der Waals surface area contributed by atoms with Gasteiger partial charge in [-0.1, -0.05) is 49.6 Å². The minimum atomic E-state index is -0.206. The lowest BCUT2D eigenvalue weighted by molar-refractivity contribution is -0.693. The molecule has 1 aromatic carbocycles. The molecule has 0 aliphatic heterocycles. The Balaban J connectivity index is 1.80. The number of pyridine rings is 1. The summed E-state index contributed by atoms with van der Waals surface area (Å²) >= 11 is 0. The van der Waals surface area contributed by atoms with Crippen LogP contribution in [0, 0.1) is 5.92 Å². The molecule has 126 valence electrons. The number of esters is 1. The van der Waals surface area contributed by atoms with Gasteiger partial charge in [0.05, 0.1) is 6.61 Å². The van der Waals surface area contributed by atoms with Gasteiger partial charge in [-0.15, -0.1) is 0 Å². The average molecular weight is 324 g/mol. The summed E-state index contributed by atoms with van der Waals surface area (Å²) in [5.41, 5.74) is 2.64. The molecule has 0 atom stereocenters. The van der Waals surface area contributed by atoms with Crippen LogP contribution in [0.25, 0.3) is 11.1 Å². The number of carbonyl (C=O) groups excluding carboxylic acids is 1. The van der Waals surface area contributed by atoms with E-state index in [0.717, 1.165) is 17.7 Å². The van der Waals surface area contributed by atoms with Crippen molar-refractivity contribution in [2.24, 2.45) is 5.92 Å². The first-order valence-electron chi connectivity index (χ1n) is 9.03. The van der Waals surface area contributed by atoms with Gasteiger partial charge in [-0.3, -0.25) is 0 Å². The van der Waals surface area contributed by atoms with Gasteiger partial charge in [0.2, 0.25) is 0 Å². The Kier molecular flexibility index (Phi) is 5.63. The number of benzene rings is 1. The predicted molar refractivity (Wildman–Crippen MR) is 94.6 cm³/mol. The Bertz CT molecular complexity index is 675. The Morgan fingerprint density at radius 2 is 1.88 bits per heavy atom. The first-order chi connectivity index (χ1) is 11.8. The third-order valence-electron chi connectivity index (χ3n) is 4.86. The lowest BCUT2D eigenvalue weighted by atomic mass is 9.90. The maximum atomic E-state index is 12.7. The molecule has 1 aliphatic carbocycles. The molecule has 0 bridgehead atoms. The molecule has 1 heterocycles. The number of ether oxygens (including phenoxy) is 1. The summed E-state index contributed by atoms with van der Waals surface area (Å²) in [6.07, 6.45) is 10.1. The van der Waals surface area contributed by atoms with E-state index in [0.29, 0.717) is 18.1 Å². The highest BCUT2D eigenvalue weighted by atomic mass is 16.5. The largest absolute Gasteiger partial charge is 0.462 e. The summed E-state index contributed by atoms with van der Waals surface area (Å²) < 4.78 is 7.69. The number of hydrogen-bond acceptors (Lipinski definition) is 2. The second kappa shape index (κ2) is 8.09. The van der Waals surface area contributed by atoms with Crippen molar-refractivity contribution in [2.75, 3.05) is 6.61 Å². The molecule has 3 heteroatoms. The van der Waals surface area contributed by atoms with Crippen molar-refractivity contribution in [1.29, 1.82) is 0 Å². The lowest BCUT2D eigenvalue weighted by Crippen LogP contribution is -2.33. The van der Waals surface area contributed by atoms with Crippen molar-refractivity contribution in [2.45, 2.75) is 45.6 Å².